The number of aromatic nitrogens is 2. The molecular weight excluding hydrogens is 550 g/mol. The number of rotatable bonds is 9. The van der Waals surface area contributed by atoms with E-state index in [4.69, 9.17) is 19.4 Å². The summed E-state index contributed by atoms with van der Waals surface area (Å²) in [4.78, 5) is 9.01. The van der Waals surface area contributed by atoms with Crippen molar-refractivity contribution in [1.82, 2.24) is 25.9 Å². The van der Waals surface area contributed by atoms with Crippen LogP contribution in [0.3, 0.4) is 0 Å². The molecule has 2 aliphatic rings. The standard InChI is InChI=1S/C31H29BClFN8/c1-30(2,26-5-3-4-12-36-26)18-38-28-19(15-35)16-37-29-24(28)13-22(14-25(29)33)39-31(32,20-6-8-21(34)9-7-20)27-17-42(41-40-27)23-10-11-23/h3-9,12-14,16-17,23,39-41H,10-11,18H2,1-2H3,(H,37,38). The number of hydrogen-bond acceptors (Lipinski definition) is 8. The summed E-state index contributed by atoms with van der Waals surface area (Å²) in [6, 6.07) is 18.1. The number of nitriles is 1. The average Bonchev–Trinajstić information content (AvgIpc) is 3.72. The summed E-state index contributed by atoms with van der Waals surface area (Å²) in [5, 5.41) is 19.9. The Labute approximate surface area is 250 Å². The fourth-order valence-corrected chi connectivity index (χ4v) is 5.35. The second-order valence-corrected chi connectivity index (χ2v) is 11.7. The Kier molecular flexibility index (Phi) is 7.17. The first-order valence-corrected chi connectivity index (χ1v) is 14.1. The maximum atomic E-state index is 13.9. The lowest BCUT2D eigenvalue weighted by molar-refractivity contribution is 0.260. The van der Waals surface area contributed by atoms with Crippen LogP contribution >= 0.6 is 11.6 Å². The highest BCUT2D eigenvalue weighted by Crippen LogP contribution is 2.38. The van der Waals surface area contributed by atoms with Crippen LogP contribution in [0.25, 0.3) is 10.9 Å². The van der Waals surface area contributed by atoms with E-state index >= 15 is 0 Å². The molecule has 8 nitrogen and oxygen atoms in total. The molecule has 4 N–H and O–H groups in total. The molecule has 4 aromatic rings. The molecule has 6 rings (SSSR count). The third-order valence-corrected chi connectivity index (χ3v) is 7.99. The van der Waals surface area contributed by atoms with Crippen molar-refractivity contribution in [3.05, 3.63) is 107 Å². The summed E-state index contributed by atoms with van der Waals surface area (Å²) in [5.74, 6) is -0.361. The lowest BCUT2D eigenvalue weighted by atomic mass is 9.69. The van der Waals surface area contributed by atoms with Crippen LogP contribution in [0.2, 0.25) is 5.02 Å². The van der Waals surface area contributed by atoms with Crippen LogP contribution in [0.1, 0.15) is 43.5 Å². The van der Waals surface area contributed by atoms with Crippen LogP contribution < -0.4 is 21.6 Å². The number of hydrazine groups is 2. The smallest absolute Gasteiger partial charge is 0.123 e. The zero-order valence-electron chi connectivity index (χ0n) is 23.2. The van der Waals surface area contributed by atoms with Gasteiger partial charge in [-0.15, -0.1) is 5.53 Å². The van der Waals surface area contributed by atoms with Gasteiger partial charge in [0, 0.05) is 53.4 Å². The van der Waals surface area contributed by atoms with Gasteiger partial charge in [0.2, 0.25) is 0 Å². The van der Waals surface area contributed by atoms with E-state index in [0.29, 0.717) is 56.7 Å². The number of hydrogen-bond donors (Lipinski definition) is 4. The van der Waals surface area contributed by atoms with E-state index in [2.05, 4.69) is 51.5 Å². The highest BCUT2D eigenvalue weighted by molar-refractivity contribution is 6.36. The molecule has 0 amide bonds. The average molecular weight is 579 g/mol. The van der Waals surface area contributed by atoms with E-state index in [9.17, 15) is 9.65 Å². The van der Waals surface area contributed by atoms with Gasteiger partial charge >= 0.3 is 0 Å². The van der Waals surface area contributed by atoms with Gasteiger partial charge in [0.15, 0.2) is 0 Å². The van der Waals surface area contributed by atoms with Gasteiger partial charge in [0.25, 0.3) is 0 Å². The maximum absolute atomic E-state index is 13.9. The van der Waals surface area contributed by atoms with E-state index < -0.39 is 5.44 Å². The summed E-state index contributed by atoms with van der Waals surface area (Å²) >= 11 is 6.78. The predicted octanol–water partition coefficient (Wildman–Crippen LogP) is 5.45. The number of halogens is 2. The van der Waals surface area contributed by atoms with Crippen molar-refractivity contribution < 1.29 is 4.39 Å². The van der Waals surface area contributed by atoms with Crippen LogP contribution in [0, 0.1) is 17.1 Å². The minimum atomic E-state index is -1.28. The van der Waals surface area contributed by atoms with Crippen molar-refractivity contribution in [3.63, 3.8) is 0 Å². The van der Waals surface area contributed by atoms with Gasteiger partial charge in [0.05, 0.1) is 32.9 Å². The van der Waals surface area contributed by atoms with Gasteiger partial charge < -0.3 is 16.1 Å². The van der Waals surface area contributed by atoms with Gasteiger partial charge in [-0.05, 0) is 54.8 Å². The lowest BCUT2D eigenvalue weighted by Gasteiger charge is -2.34. The summed E-state index contributed by atoms with van der Waals surface area (Å²) in [5.41, 5.74) is 9.07. The van der Waals surface area contributed by atoms with Gasteiger partial charge in [-0.2, -0.15) is 5.26 Å². The largest absolute Gasteiger partial charge is 0.382 e. The number of pyridine rings is 2. The van der Waals surface area contributed by atoms with E-state index in [1.807, 2.05) is 35.5 Å². The minimum absolute atomic E-state index is 0.334. The van der Waals surface area contributed by atoms with Crippen LogP contribution in [-0.4, -0.2) is 35.4 Å². The first-order chi connectivity index (χ1) is 20.2. The second-order valence-electron chi connectivity index (χ2n) is 11.3. The molecule has 1 aliphatic heterocycles. The molecule has 1 atom stereocenters. The zero-order valence-corrected chi connectivity index (χ0v) is 24.0. The molecule has 2 aromatic heterocycles. The van der Waals surface area contributed by atoms with Crippen LogP contribution in [0.5, 0.6) is 0 Å². The van der Waals surface area contributed by atoms with Crippen molar-refractivity contribution in [2.45, 2.75) is 43.6 Å². The van der Waals surface area contributed by atoms with Gasteiger partial charge in [-0.1, -0.05) is 43.6 Å². The predicted molar refractivity (Wildman–Crippen MR) is 164 cm³/mol. The van der Waals surface area contributed by atoms with E-state index in [-0.39, 0.29) is 11.2 Å². The number of anilines is 2. The van der Waals surface area contributed by atoms with Crippen LogP contribution in [-0.2, 0) is 10.9 Å². The monoisotopic (exact) mass is 578 g/mol. The lowest BCUT2D eigenvalue weighted by Crippen LogP contribution is -2.45. The van der Waals surface area contributed by atoms with Crippen LogP contribution in [0.4, 0.5) is 15.8 Å². The van der Waals surface area contributed by atoms with Crippen LogP contribution in [0.15, 0.2) is 78.9 Å². The molecular formula is C31H29BClFN8. The first kappa shape index (κ1) is 27.8. The van der Waals surface area contributed by atoms with Crippen molar-refractivity contribution in [2.24, 2.45) is 0 Å². The summed E-state index contributed by atoms with van der Waals surface area (Å²) in [6.45, 7) is 4.68. The quantitative estimate of drug-likeness (QED) is 0.195. The van der Waals surface area contributed by atoms with Gasteiger partial charge in [-0.3, -0.25) is 15.0 Å². The fraction of sp³-hybridized carbons (Fsp3) is 0.258. The molecule has 0 spiro atoms. The normalized spacial score (nSPS) is 16.4. The maximum Gasteiger partial charge on any atom is 0.123 e. The van der Waals surface area contributed by atoms with E-state index in [1.165, 1.54) is 18.3 Å². The molecule has 3 heterocycles. The Bertz CT molecular complexity index is 1700. The molecule has 210 valence electrons. The van der Waals surface area contributed by atoms with Crippen molar-refractivity contribution in [3.8, 4) is 6.07 Å². The zero-order chi connectivity index (χ0) is 29.5. The number of fused-ring (bicyclic) bond motifs is 1. The van der Waals surface area contributed by atoms with Crippen molar-refractivity contribution in [1.29, 1.82) is 5.26 Å². The molecule has 1 aliphatic carbocycles. The molecule has 42 heavy (non-hydrogen) atoms. The Morgan fingerprint density at radius 1 is 1.17 bits per heavy atom. The number of nitrogens with one attached hydrogen (secondary N) is 4. The Hall–Kier alpha value is -4.33. The third-order valence-electron chi connectivity index (χ3n) is 7.70. The molecule has 0 bridgehead atoms. The Balaban J connectivity index is 1.40. The van der Waals surface area contributed by atoms with Crippen molar-refractivity contribution >= 4 is 41.7 Å². The topological polar surface area (TPSA) is 101 Å². The summed E-state index contributed by atoms with van der Waals surface area (Å²) in [7, 11) is 7.09. The third kappa shape index (κ3) is 5.33. The highest BCUT2D eigenvalue weighted by Gasteiger charge is 2.38. The second kappa shape index (κ2) is 10.8. The molecule has 1 fully saturated rings. The Morgan fingerprint density at radius 2 is 1.95 bits per heavy atom. The number of benzene rings is 2. The molecule has 0 saturated heterocycles. The van der Waals surface area contributed by atoms with E-state index in [0.717, 1.165) is 18.5 Å². The molecule has 2 aromatic carbocycles. The molecule has 1 unspecified atom stereocenters. The van der Waals surface area contributed by atoms with Crippen molar-refractivity contribution in [2.75, 3.05) is 17.2 Å². The van der Waals surface area contributed by atoms with E-state index in [1.54, 1.807) is 24.4 Å². The Morgan fingerprint density at radius 3 is 2.64 bits per heavy atom. The molecule has 1 saturated carbocycles. The molecule has 2 radical (unpaired) electrons. The number of nitrogens with zero attached hydrogens (tertiary/aromatic N) is 4. The highest BCUT2D eigenvalue weighted by atomic mass is 35.5. The van der Waals surface area contributed by atoms with Gasteiger partial charge in [-0.25, -0.2) is 4.39 Å². The summed E-state index contributed by atoms with van der Waals surface area (Å²) in [6.07, 6.45) is 7.39. The molecule has 11 heteroatoms. The minimum Gasteiger partial charge on any atom is -0.382 e. The fourth-order valence-electron chi connectivity index (χ4n) is 5.08. The summed E-state index contributed by atoms with van der Waals surface area (Å²) < 4.78 is 13.9. The van der Waals surface area contributed by atoms with Gasteiger partial charge in [0.1, 0.15) is 19.7 Å². The first-order valence-electron chi connectivity index (χ1n) is 13.7. The SMILES string of the molecule is [B]C(Nc1cc(Cl)c2ncc(C#N)c(NCC(C)(C)c3ccccn3)c2c1)(C1=CN(C2CC2)NN1)c1ccc(F)cc1.